The monoisotopic (exact) mass is 455 g/mol. The quantitative estimate of drug-likeness (QED) is 0.481. The smallest absolute Gasteiger partial charge is 0.255 e. The molecule has 2 aromatic rings. The van der Waals surface area contributed by atoms with Gasteiger partial charge >= 0.3 is 0 Å². The van der Waals surface area contributed by atoms with Crippen LogP contribution in [0.4, 0.5) is 15.8 Å². The minimum absolute atomic E-state index is 0.00938. The standard InChI is InChI=1S/C27H38FN3O2/c1-8-20(9-2)27(33)31(19(5)18(3)4)17-22-16-24(13-14-25(22)30(6)7)29-26(32)21-11-10-12-23(28)15-21/h10-16,18-20H,8-9,17H2,1-7H3,(H,29,32)/t19-/m1/s1. The first kappa shape index (κ1) is 26.4. The van der Waals surface area contributed by atoms with E-state index in [2.05, 4.69) is 39.9 Å². The summed E-state index contributed by atoms with van der Waals surface area (Å²) in [4.78, 5) is 30.0. The average molecular weight is 456 g/mol. The second-order valence-electron chi connectivity index (χ2n) is 9.17. The maximum Gasteiger partial charge on any atom is 0.255 e. The van der Waals surface area contributed by atoms with Crippen molar-refractivity contribution in [1.82, 2.24) is 4.90 Å². The Balaban J connectivity index is 2.40. The summed E-state index contributed by atoms with van der Waals surface area (Å²) >= 11 is 0. The van der Waals surface area contributed by atoms with Crippen molar-refractivity contribution in [3.8, 4) is 0 Å². The van der Waals surface area contributed by atoms with Crippen LogP contribution in [-0.2, 0) is 11.3 Å². The van der Waals surface area contributed by atoms with Crippen molar-refractivity contribution in [2.24, 2.45) is 11.8 Å². The maximum atomic E-state index is 13.5. The summed E-state index contributed by atoms with van der Waals surface area (Å²) in [6, 6.07) is 11.4. The van der Waals surface area contributed by atoms with Gasteiger partial charge < -0.3 is 15.1 Å². The first-order valence-electron chi connectivity index (χ1n) is 11.8. The number of hydrogen-bond donors (Lipinski definition) is 1. The molecular weight excluding hydrogens is 417 g/mol. The van der Waals surface area contributed by atoms with Crippen LogP contribution in [0.2, 0.25) is 0 Å². The minimum Gasteiger partial charge on any atom is -0.377 e. The van der Waals surface area contributed by atoms with Crippen LogP contribution in [-0.4, -0.2) is 36.9 Å². The van der Waals surface area contributed by atoms with Crippen LogP contribution < -0.4 is 10.2 Å². The first-order valence-corrected chi connectivity index (χ1v) is 11.8. The van der Waals surface area contributed by atoms with Gasteiger partial charge in [0.25, 0.3) is 5.91 Å². The summed E-state index contributed by atoms with van der Waals surface area (Å²) < 4.78 is 13.5. The van der Waals surface area contributed by atoms with Crippen LogP contribution in [0.1, 0.15) is 63.4 Å². The molecule has 0 aliphatic heterocycles. The van der Waals surface area contributed by atoms with Gasteiger partial charge in [-0.15, -0.1) is 0 Å². The zero-order valence-electron chi connectivity index (χ0n) is 21.0. The third-order valence-corrected chi connectivity index (χ3v) is 6.32. The molecular formula is C27H38FN3O2. The summed E-state index contributed by atoms with van der Waals surface area (Å²) in [5.74, 6) is -0.366. The third-order valence-electron chi connectivity index (χ3n) is 6.32. The van der Waals surface area contributed by atoms with Crippen molar-refractivity contribution >= 4 is 23.2 Å². The maximum absolute atomic E-state index is 13.5. The fourth-order valence-electron chi connectivity index (χ4n) is 3.90. The molecule has 0 heterocycles. The van der Waals surface area contributed by atoms with Crippen molar-refractivity contribution in [3.63, 3.8) is 0 Å². The van der Waals surface area contributed by atoms with Crippen LogP contribution in [0.25, 0.3) is 0 Å². The highest BCUT2D eigenvalue weighted by Crippen LogP contribution is 2.28. The van der Waals surface area contributed by atoms with Crippen LogP contribution in [0.15, 0.2) is 42.5 Å². The number of carbonyl (C=O) groups excluding carboxylic acids is 2. The third kappa shape index (κ3) is 6.80. The average Bonchev–Trinajstić information content (AvgIpc) is 2.77. The number of benzene rings is 2. The lowest BCUT2D eigenvalue weighted by molar-refractivity contribution is -0.139. The predicted octanol–water partition coefficient (Wildman–Crippen LogP) is 5.95. The van der Waals surface area contributed by atoms with Gasteiger partial charge in [0.2, 0.25) is 5.91 Å². The summed E-state index contributed by atoms with van der Waals surface area (Å²) in [6.07, 6.45) is 1.61. The number of halogens is 1. The lowest BCUT2D eigenvalue weighted by Crippen LogP contribution is -2.44. The number of rotatable bonds is 10. The van der Waals surface area contributed by atoms with E-state index in [4.69, 9.17) is 0 Å². The summed E-state index contributed by atoms with van der Waals surface area (Å²) in [6.45, 7) is 10.9. The molecule has 33 heavy (non-hydrogen) atoms. The highest BCUT2D eigenvalue weighted by Gasteiger charge is 2.28. The zero-order chi connectivity index (χ0) is 24.7. The normalized spacial score (nSPS) is 12.1. The molecule has 0 aliphatic rings. The Bertz CT molecular complexity index is 954. The fourth-order valence-corrected chi connectivity index (χ4v) is 3.90. The van der Waals surface area contributed by atoms with Gasteiger partial charge in [-0.2, -0.15) is 0 Å². The van der Waals surface area contributed by atoms with Gasteiger partial charge in [-0.25, -0.2) is 4.39 Å². The molecule has 0 aliphatic carbocycles. The number of nitrogens with one attached hydrogen (secondary N) is 1. The number of anilines is 2. The predicted molar refractivity (Wildman–Crippen MR) is 134 cm³/mol. The minimum atomic E-state index is -0.454. The Morgan fingerprint density at radius 2 is 1.67 bits per heavy atom. The number of amides is 2. The van der Waals surface area contributed by atoms with Crippen molar-refractivity contribution in [3.05, 3.63) is 59.4 Å². The molecule has 1 atom stereocenters. The Morgan fingerprint density at radius 3 is 2.21 bits per heavy atom. The molecule has 1 N–H and O–H groups in total. The SMILES string of the molecule is CCC(CC)C(=O)N(Cc1cc(NC(=O)c2cccc(F)c2)ccc1N(C)C)[C@H](C)C(C)C. The van der Waals surface area contributed by atoms with Gasteiger partial charge in [0, 0.05) is 49.5 Å². The Kier molecular flexibility index (Phi) is 9.44. The second kappa shape index (κ2) is 11.8. The van der Waals surface area contributed by atoms with Crippen LogP contribution in [0, 0.1) is 17.7 Å². The van der Waals surface area contributed by atoms with Crippen LogP contribution in [0.3, 0.4) is 0 Å². The van der Waals surface area contributed by atoms with E-state index in [0.717, 1.165) is 24.1 Å². The topological polar surface area (TPSA) is 52.7 Å². The van der Waals surface area contributed by atoms with Crippen LogP contribution in [0.5, 0.6) is 0 Å². The Hall–Kier alpha value is -2.89. The molecule has 0 saturated heterocycles. The van der Waals surface area contributed by atoms with E-state index in [9.17, 15) is 14.0 Å². The van der Waals surface area contributed by atoms with Gasteiger partial charge in [0.15, 0.2) is 0 Å². The van der Waals surface area contributed by atoms with Crippen molar-refractivity contribution in [2.45, 2.75) is 60.0 Å². The summed E-state index contributed by atoms with van der Waals surface area (Å²) in [7, 11) is 3.92. The molecule has 0 spiro atoms. The molecule has 0 saturated carbocycles. The van der Waals surface area contributed by atoms with Gasteiger partial charge in [0.1, 0.15) is 5.82 Å². The highest BCUT2D eigenvalue weighted by atomic mass is 19.1. The lowest BCUT2D eigenvalue weighted by atomic mass is 9.97. The van der Waals surface area contributed by atoms with Gasteiger partial charge in [-0.1, -0.05) is 33.8 Å². The largest absolute Gasteiger partial charge is 0.377 e. The van der Waals surface area contributed by atoms with Crippen molar-refractivity contribution in [1.29, 1.82) is 0 Å². The lowest BCUT2D eigenvalue weighted by Gasteiger charge is -2.35. The summed E-state index contributed by atoms with van der Waals surface area (Å²) in [5, 5.41) is 2.86. The molecule has 0 aromatic heterocycles. The molecule has 0 radical (unpaired) electrons. The Labute approximate surface area is 198 Å². The van der Waals surface area contributed by atoms with Gasteiger partial charge in [0.05, 0.1) is 0 Å². The van der Waals surface area contributed by atoms with E-state index in [1.165, 1.54) is 18.2 Å². The first-order chi connectivity index (χ1) is 15.6. The van der Waals surface area contributed by atoms with E-state index in [-0.39, 0.29) is 29.3 Å². The second-order valence-corrected chi connectivity index (χ2v) is 9.17. The van der Waals surface area contributed by atoms with E-state index >= 15 is 0 Å². The number of hydrogen-bond acceptors (Lipinski definition) is 3. The molecule has 6 heteroatoms. The van der Waals surface area contributed by atoms with Gasteiger partial charge in [-0.05, 0) is 67.6 Å². The van der Waals surface area contributed by atoms with E-state index < -0.39 is 5.82 Å². The van der Waals surface area contributed by atoms with Gasteiger partial charge in [-0.3, -0.25) is 9.59 Å². The molecule has 180 valence electrons. The van der Waals surface area contributed by atoms with E-state index in [0.29, 0.717) is 18.2 Å². The molecule has 0 bridgehead atoms. The van der Waals surface area contributed by atoms with Crippen LogP contribution >= 0.6 is 0 Å². The molecule has 0 fully saturated rings. The Morgan fingerprint density at radius 1 is 1.00 bits per heavy atom. The summed E-state index contributed by atoms with van der Waals surface area (Å²) in [5.41, 5.74) is 2.80. The van der Waals surface area contributed by atoms with Crippen molar-refractivity contribution < 1.29 is 14.0 Å². The fraction of sp³-hybridized carbons (Fsp3) is 0.481. The van der Waals surface area contributed by atoms with E-state index in [1.54, 1.807) is 6.07 Å². The molecule has 5 nitrogen and oxygen atoms in total. The molecule has 2 amide bonds. The van der Waals surface area contributed by atoms with E-state index in [1.807, 2.05) is 42.1 Å². The molecule has 2 rings (SSSR count). The molecule has 0 unspecified atom stereocenters. The highest BCUT2D eigenvalue weighted by molar-refractivity contribution is 6.04. The number of nitrogens with zero attached hydrogens (tertiary/aromatic N) is 2. The zero-order valence-corrected chi connectivity index (χ0v) is 21.0. The number of carbonyl (C=O) groups is 2. The molecule has 2 aromatic carbocycles. The van der Waals surface area contributed by atoms with Crippen molar-refractivity contribution in [2.75, 3.05) is 24.3 Å².